The lowest BCUT2D eigenvalue weighted by atomic mass is 10.1. The summed E-state index contributed by atoms with van der Waals surface area (Å²) in [5.41, 5.74) is 1.15. The molecule has 0 unspecified atom stereocenters. The summed E-state index contributed by atoms with van der Waals surface area (Å²) in [6.07, 6.45) is 0.997. The van der Waals surface area contributed by atoms with Crippen LogP contribution < -0.4 is 14.8 Å². The number of aliphatic carboxylic acids is 1. The highest BCUT2D eigenvalue weighted by molar-refractivity contribution is 5.66. The number of carboxylic acids is 1. The van der Waals surface area contributed by atoms with Crippen LogP contribution in [0, 0.1) is 0 Å². The van der Waals surface area contributed by atoms with E-state index in [-0.39, 0.29) is 13.2 Å². The molecule has 17 heavy (non-hydrogen) atoms. The molecule has 1 aromatic carbocycles. The molecular formula is C12H15NO4. The van der Waals surface area contributed by atoms with E-state index in [0.717, 1.165) is 30.0 Å². The molecule has 0 radical (unpaired) electrons. The zero-order chi connectivity index (χ0) is 12.1. The third-order valence-electron chi connectivity index (χ3n) is 2.54. The maximum absolute atomic E-state index is 10.3. The van der Waals surface area contributed by atoms with Gasteiger partial charge in [0.15, 0.2) is 11.5 Å². The van der Waals surface area contributed by atoms with Gasteiger partial charge in [0.05, 0.1) is 6.42 Å². The standard InChI is InChI=1S/C12H15NO4/c14-12(15)4-6-13-5-3-9-1-2-10-11(7-9)17-8-16-10/h1-2,7,13H,3-6,8H2,(H,14,15). The number of carbonyl (C=O) groups is 1. The molecule has 0 fully saturated rings. The van der Waals surface area contributed by atoms with Crippen LogP contribution in [0.5, 0.6) is 11.5 Å². The number of nitrogens with one attached hydrogen (secondary N) is 1. The van der Waals surface area contributed by atoms with Gasteiger partial charge in [-0.1, -0.05) is 6.07 Å². The van der Waals surface area contributed by atoms with Crippen LogP contribution in [0.4, 0.5) is 0 Å². The Morgan fingerprint density at radius 1 is 1.29 bits per heavy atom. The summed E-state index contributed by atoms with van der Waals surface area (Å²) in [6, 6.07) is 5.85. The van der Waals surface area contributed by atoms with Crippen LogP contribution >= 0.6 is 0 Å². The average Bonchev–Trinajstić information content (AvgIpc) is 2.75. The minimum Gasteiger partial charge on any atom is -0.481 e. The van der Waals surface area contributed by atoms with Crippen molar-refractivity contribution in [2.24, 2.45) is 0 Å². The lowest BCUT2D eigenvalue weighted by Crippen LogP contribution is -2.20. The number of fused-ring (bicyclic) bond motifs is 1. The van der Waals surface area contributed by atoms with Gasteiger partial charge in [-0.3, -0.25) is 4.79 Å². The normalized spacial score (nSPS) is 12.7. The quantitative estimate of drug-likeness (QED) is 0.723. The second kappa shape index (κ2) is 5.54. The van der Waals surface area contributed by atoms with Gasteiger partial charge in [0.25, 0.3) is 0 Å². The number of hydrogen-bond acceptors (Lipinski definition) is 4. The summed E-state index contributed by atoms with van der Waals surface area (Å²) < 4.78 is 10.5. The van der Waals surface area contributed by atoms with Crippen LogP contribution in [0.25, 0.3) is 0 Å². The summed E-state index contributed by atoms with van der Waals surface area (Å²) in [7, 11) is 0. The van der Waals surface area contributed by atoms with Gasteiger partial charge in [-0.05, 0) is 30.7 Å². The van der Waals surface area contributed by atoms with E-state index in [1.165, 1.54) is 0 Å². The van der Waals surface area contributed by atoms with Crippen LogP contribution in [-0.4, -0.2) is 31.0 Å². The highest BCUT2D eigenvalue weighted by Gasteiger charge is 2.12. The minimum absolute atomic E-state index is 0.154. The molecule has 0 aromatic heterocycles. The number of benzene rings is 1. The summed E-state index contributed by atoms with van der Waals surface area (Å²) >= 11 is 0. The summed E-state index contributed by atoms with van der Waals surface area (Å²) in [6.45, 7) is 1.54. The van der Waals surface area contributed by atoms with Crippen molar-refractivity contribution in [2.45, 2.75) is 12.8 Å². The molecule has 2 N–H and O–H groups in total. The smallest absolute Gasteiger partial charge is 0.304 e. The van der Waals surface area contributed by atoms with Gasteiger partial charge < -0.3 is 19.9 Å². The molecule has 1 aromatic rings. The predicted octanol–water partition coefficient (Wildman–Crippen LogP) is 1.02. The summed E-state index contributed by atoms with van der Waals surface area (Å²) in [5, 5.41) is 11.5. The van der Waals surface area contributed by atoms with Crippen LogP contribution in [0.1, 0.15) is 12.0 Å². The first-order valence-corrected chi connectivity index (χ1v) is 5.57. The molecule has 2 rings (SSSR count). The molecule has 0 bridgehead atoms. The first-order valence-electron chi connectivity index (χ1n) is 5.57. The molecule has 1 aliphatic rings. The lowest BCUT2D eigenvalue weighted by molar-refractivity contribution is -0.136. The van der Waals surface area contributed by atoms with E-state index >= 15 is 0 Å². The number of carboxylic acid groups (broad SMARTS) is 1. The molecule has 5 heteroatoms. The third kappa shape index (κ3) is 3.35. The Kier molecular flexibility index (Phi) is 3.82. The largest absolute Gasteiger partial charge is 0.481 e. The molecule has 0 amide bonds. The maximum atomic E-state index is 10.3. The predicted molar refractivity (Wildman–Crippen MR) is 61.4 cm³/mol. The molecule has 0 spiro atoms. The van der Waals surface area contributed by atoms with Crippen molar-refractivity contribution in [3.05, 3.63) is 23.8 Å². The van der Waals surface area contributed by atoms with Crippen molar-refractivity contribution >= 4 is 5.97 Å². The van der Waals surface area contributed by atoms with E-state index in [9.17, 15) is 4.79 Å². The Morgan fingerprint density at radius 2 is 2.12 bits per heavy atom. The van der Waals surface area contributed by atoms with Crippen LogP contribution in [0.2, 0.25) is 0 Å². The monoisotopic (exact) mass is 237 g/mol. The lowest BCUT2D eigenvalue weighted by Gasteiger charge is -2.04. The average molecular weight is 237 g/mol. The number of ether oxygens (including phenoxy) is 2. The molecule has 92 valence electrons. The Balaban J connectivity index is 1.74. The van der Waals surface area contributed by atoms with Gasteiger partial charge in [-0.25, -0.2) is 0 Å². The van der Waals surface area contributed by atoms with Crippen molar-refractivity contribution in [1.29, 1.82) is 0 Å². The first-order chi connectivity index (χ1) is 8.25. The second-order valence-corrected chi connectivity index (χ2v) is 3.83. The minimum atomic E-state index is -0.777. The molecule has 1 aliphatic heterocycles. The van der Waals surface area contributed by atoms with Gasteiger partial charge in [0.1, 0.15) is 0 Å². The second-order valence-electron chi connectivity index (χ2n) is 3.83. The Labute approximate surface area is 99.3 Å². The molecule has 0 aliphatic carbocycles. The maximum Gasteiger partial charge on any atom is 0.304 e. The molecule has 0 atom stereocenters. The van der Waals surface area contributed by atoms with E-state index in [1.807, 2.05) is 18.2 Å². The Bertz CT molecular complexity index is 405. The van der Waals surface area contributed by atoms with Crippen molar-refractivity contribution in [3.8, 4) is 11.5 Å². The van der Waals surface area contributed by atoms with Gasteiger partial charge >= 0.3 is 5.97 Å². The van der Waals surface area contributed by atoms with E-state index in [2.05, 4.69) is 5.32 Å². The van der Waals surface area contributed by atoms with Crippen LogP contribution in [0.3, 0.4) is 0 Å². The summed E-state index contributed by atoms with van der Waals surface area (Å²) in [4.78, 5) is 10.3. The molecule has 1 heterocycles. The number of hydrogen-bond donors (Lipinski definition) is 2. The zero-order valence-corrected chi connectivity index (χ0v) is 9.44. The van der Waals surface area contributed by atoms with Gasteiger partial charge in [-0.15, -0.1) is 0 Å². The zero-order valence-electron chi connectivity index (χ0n) is 9.44. The fraction of sp³-hybridized carbons (Fsp3) is 0.417. The number of rotatable bonds is 6. The van der Waals surface area contributed by atoms with Crippen molar-refractivity contribution in [1.82, 2.24) is 5.32 Å². The van der Waals surface area contributed by atoms with E-state index in [1.54, 1.807) is 0 Å². The third-order valence-corrected chi connectivity index (χ3v) is 2.54. The van der Waals surface area contributed by atoms with Gasteiger partial charge in [0, 0.05) is 6.54 Å². The van der Waals surface area contributed by atoms with Gasteiger partial charge in [0.2, 0.25) is 6.79 Å². The molecule has 0 saturated heterocycles. The fourth-order valence-electron chi connectivity index (χ4n) is 1.65. The van der Waals surface area contributed by atoms with E-state index in [4.69, 9.17) is 14.6 Å². The van der Waals surface area contributed by atoms with Gasteiger partial charge in [-0.2, -0.15) is 0 Å². The van der Waals surface area contributed by atoms with Crippen LogP contribution in [0.15, 0.2) is 18.2 Å². The van der Waals surface area contributed by atoms with Crippen molar-refractivity contribution in [3.63, 3.8) is 0 Å². The van der Waals surface area contributed by atoms with Crippen molar-refractivity contribution in [2.75, 3.05) is 19.9 Å². The molecule has 5 nitrogen and oxygen atoms in total. The SMILES string of the molecule is O=C(O)CCNCCc1ccc2c(c1)OCO2. The highest BCUT2D eigenvalue weighted by atomic mass is 16.7. The van der Waals surface area contributed by atoms with E-state index in [0.29, 0.717) is 6.54 Å². The first kappa shape index (κ1) is 11.7. The fourth-order valence-corrected chi connectivity index (χ4v) is 1.65. The van der Waals surface area contributed by atoms with Crippen molar-refractivity contribution < 1.29 is 19.4 Å². The van der Waals surface area contributed by atoms with E-state index < -0.39 is 5.97 Å². The van der Waals surface area contributed by atoms with Crippen LogP contribution in [-0.2, 0) is 11.2 Å². The summed E-state index contributed by atoms with van der Waals surface area (Å²) in [5.74, 6) is 0.793. The molecule has 0 saturated carbocycles. The topological polar surface area (TPSA) is 67.8 Å². The molecular weight excluding hydrogens is 222 g/mol. The highest BCUT2D eigenvalue weighted by Crippen LogP contribution is 2.32. The Hall–Kier alpha value is -1.75. The Morgan fingerprint density at radius 3 is 2.94 bits per heavy atom.